The summed E-state index contributed by atoms with van der Waals surface area (Å²) in [4.78, 5) is 26.0. The molecule has 2 amide bonds. The number of nitrogens with zero attached hydrogens (tertiary/aromatic N) is 1. The highest BCUT2D eigenvalue weighted by Crippen LogP contribution is 2.28. The van der Waals surface area contributed by atoms with E-state index in [1.165, 1.54) is 11.0 Å². The van der Waals surface area contributed by atoms with Gasteiger partial charge in [-0.1, -0.05) is 32.9 Å². The molecule has 0 aromatic heterocycles. The second kappa shape index (κ2) is 6.56. The Balaban J connectivity index is 2.27. The number of hydrogen-bond acceptors (Lipinski definition) is 3. The largest absolute Gasteiger partial charge is 0.371 e. The Morgan fingerprint density at radius 3 is 2.57 bits per heavy atom. The van der Waals surface area contributed by atoms with Crippen molar-refractivity contribution < 1.29 is 14.0 Å². The first-order valence-corrected chi connectivity index (χ1v) is 7.82. The van der Waals surface area contributed by atoms with Gasteiger partial charge in [-0.25, -0.2) is 4.39 Å². The van der Waals surface area contributed by atoms with E-state index < -0.39 is 29.2 Å². The lowest BCUT2D eigenvalue weighted by molar-refractivity contribution is -0.139. The summed E-state index contributed by atoms with van der Waals surface area (Å²) in [5.41, 5.74) is 5.22. The topological polar surface area (TPSA) is 75.4 Å². The molecule has 1 aromatic rings. The smallest absolute Gasteiger partial charge is 0.246 e. The van der Waals surface area contributed by atoms with Crippen molar-refractivity contribution in [1.82, 2.24) is 4.90 Å². The van der Waals surface area contributed by atoms with Gasteiger partial charge in [-0.15, -0.1) is 0 Å². The van der Waals surface area contributed by atoms with Crippen LogP contribution in [0.25, 0.3) is 0 Å². The first-order chi connectivity index (χ1) is 10.7. The molecule has 1 aliphatic rings. The predicted octanol–water partition coefficient (Wildman–Crippen LogP) is 2.13. The van der Waals surface area contributed by atoms with Gasteiger partial charge in [0.25, 0.3) is 0 Å². The van der Waals surface area contributed by atoms with E-state index in [-0.39, 0.29) is 11.6 Å². The number of nitrogens with one attached hydrogen (secondary N) is 1. The third-order valence-electron chi connectivity index (χ3n) is 4.15. The molecule has 1 fully saturated rings. The second-order valence-corrected chi connectivity index (χ2v) is 7.02. The Morgan fingerprint density at radius 2 is 2.00 bits per heavy atom. The quantitative estimate of drug-likeness (QED) is 0.892. The average Bonchev–Trinajstić information content (AvgIpc) is 2.94. The van der Waals surface area contributed by atoms with Crippen LogP contribution >= 0.6 is 0 Å². The van der Waals surface area contributed by atoms with Crippen molar-refractivity contribution in [1.29, 1.82) is 0 Å². The molecular formula is C17H24FN3O2. The van der Waals surface area contributed by atoms with Gasteiger partial charge in [0, 0.05) is 6.54 Å². The van der Waals surface area contributed by atoms with Crippen molar-refractivity contribution in [3.8, 4) is 0 Å². The minimum absolute atomic E-state index is 0.220. The summed E-state index contributed by atoms with van der Waals surface area (Å²) in [7, 11) is 0. The van der Waals surface area contributed by atoms with E-state index in [0.717, 1.165) is 6.42 Å². The van der Waals surface area contributed by atoms with Gasteiger partial charge in [-0.05, 0) is 30.4 Å². The van der Waals surface area contributed by atoms with E-state index in [1.54, 1.807) is 18.2 Å². The maximum atomic E-state index is 13.9. The zero-order valence-corrected chi connectivity index (χ0v) is 13.8. The monoisotopic (exact) mass is 321 g/mol. The molecule has 0 aliphatic carbocycles. The second-order valence-electron chi connectivity index (χ2n) is 7.02. The van der Waals surface area contributed by atoms with E-state index in [2.05, 4.69) is 5.32 Å². The maximum Gasteiger partial charge on any atom is 0.246 e. The normalized spacial score (nSPS) is 19.5. The molecule has 0 saturated carbocycles. The van der Waals surface area contributed by atoms with Gasteiger partial charge in [0.1, 0.15) is 17.9 Å². The summed E-state index contributed by atoms with van der Waals surface area (Å²) in [6.45, 7) is 6.20. The fourth-order valence-electron chi connectivity index (χ4n) is 2.87. The molecule has 1 aliphatic heterocycles. The van der Waals surface area contributed by atoms with Gasteiger partial charge in [0.05, 0.1) is 5.69 Å². The van der Waals surface area contributed by atoms with Crippen molar-refractivity contribution in [2.75, 3.05) is 11.9 Å². The van der Waals surface area contributed by atoms with E-state index >= 15 is 0 Å². The third kappa shape index (κ3) is 3.81. The number of rotatable bonds is 4. The summed E-state index contributed by atoms with van der Waals surface area (Å²) in [5.74, 6) is -1.13. The summed E-state index contributed by atoms with van der Waals surface area (Å²) >= 11 is 0. The van der Waals surface area contributed by atoms with Crippen LogP contribution in [0.2, 0.25) is 0 Å². The van der Waals surface area contributed by atoms with Crippen molar-refractivity contribution in [3.05, 3.63) is 30.1 Å². The molecule has 3 N–H and O–H groups in total. The molecular weight excluding hydrogens is 297 g/mol. The van der Waals surface area contributed by atoms with Gasteiger partial charge in [0.15, 0.2) is 0 Å². The number of carbonyl (C=O) groups is 2. The van der Waals surface area contributed by atoms with Crippen LogP contribution in [0.1, 0.15) is 33.6 Å². The van der Waals surface area contributed by atoms with Crippen molar-refractivity contribution in [3.63, 3.8) is 0 Å². The van der Waals surface area contributed by atoms with Crippen molar-refractivity contribution >= 4 is 17.5 Å². The summed E-state index contributed by atoms with van der Waals surface area (Å²) < 4.78 is 13.9. The number of nitrogens with two attached hydrogens (primary N) is 1. The molecule has 1 heterocycles. The highest BCUT2D eigenvalue weighted by atomic mass is 19.1. The molecule has 0 spiro atoms. The Bertz CT molecular complexity index is 598. The van der Waals surface area contributed by atoms with Crippen LogP contribution < -0.4 is 11.1 Å². The molecule has 0 radical (unpaired) electrons. The van der Waals surface area contributed by atoms with Crippen LogP contribution in [-0.2, 0) is 9.59 Å². The van der Waals surface area contributed by atoms with Crippen LogP contribution in [0.3, 0.4) is 0 Å². The van der Waals surface area contributed by atoms with Crippen molar-refractivity contribution in [2.45, 2.75) is 45.7 Å². The fourth-order valence-corrected chi connectivity index (χ4v) is 2.87. The standard InChI is InChI=1S/C17H24FN3O2/c1-17(2,3)14(20-12-8-5-4-7-11(12)18)16(23)21-10-6-9-13(21)15(19)22/h4-5,7-8,13-14,20H,6,9-10H2,1-3H3,(H2,19,22)/t13-,14?/m0/s1. The summed E-state index contributed by atoms with van der Waals surface area (Å²) in [6, 6.07) is 5.01. The van der Waals surface area contributed by atoms with Crippen LogP contribution in [0, 0.1) is 11.2 Å². The zero-order valence-electron chi connectivity index (χ0n) is 13.8. The van der Waals surface area contributed by atoms with Gasteiger partial charge in [-0.2, -0.15) is 0 Å². The lowest BCUT2D eigenvalue weighted by Gasteiger charge is -2.35. The third-order valence-corrected chi connectivity index (χ3v) is 4.15. The molecule has 2 rings (SSSR count). The molecule has 1 aromatic carbocycles. The minimum Gasteiger partial charge on any atom is -0.371 e. The maximum absolute atomic E-state index is 13.9. The number of carbonyl (C=O) groups excluding carboxylic acids is 2. The summed E-state index contributed by atoms with van der Waals surface area (Å²) in [6.07, 6.45) is 1.33. The van der Waals surface area contributed by atoms with Gasteiger partial charge >= 0.3 is 0 Å². The van der Waals surface area contributed by atoms with Crippen LogP contribution in [0.15, 0.2) is 24.3 Å². The first kappa shape index (κ1) is 17.2. The zero-order chi connectivity index (χ0) is 17.2. The van der Waals surface area contributed by atoms with Gasteiger partial charge < -0.3 is 16.0 Å². The molecule has 23 heavy (non-hydrogen) atoms. The highest BCUT2D eigenvalue weighted by molar-refractivity contribution is 5.91. The minimum atomic E-state index is -0.653. The van der Waals surface area contributed by atoms with E-state index in [1.807, 2.05) is 20.8 Å². The SMILES string of the molecule is CC(C)(C)C(Nc1ccccc1F)C(=O)N1CCC[C@H]1C(N)=O. The highest BCUT2D eigenvalue weighted by Gasteiger charge is 2.40. The molecule has 1 unspecified atom stereocenters. The summed E-state index contributed by atoms with van der Waals surface area (Å²) in [5, 5.41) is 3.01. The van der Waals surface area contributed by atoms with Crippen LogP contribution in [0.4, 0.5) is 10.1 Å². The Labute approximate surface area is 136 Å². The number of benzene rings is 1. The lowest BCUT2D eigenvalue weighted by atomic mass is 9.85. The van der Waals surface area contributed by atoms with E-state index in [4.69, 9.17) is 5.73 Å². The van der Waals surface area contributed by atoms with Crippen LogP contribution in [0.5, 0.6) is 0 Å². The van der Waals surface area contributed by atoms with Crippen molar-refractivity contribution in [2.24, 2.45) is 11.1 Å². The molecule has 1 saturated heterocycles. The molecule has 5 nitrogen and oxygen atoms in total. The number of anilines is 1. The Kier molecular flexibility index (Phi) is 4.92. The molecule has 0 bridgehead atoms. The number of primary amides is 1. The molecule has 126 valence electrons. The van der Waals surface area contributed by atoms with Gasteiger partial charge in [-0.3, -0.25) is 9.59 Å². The first-order valence-electron chi connectivity index (χ1n) is 7.82. The average molecular weight is 321 g/mol. The van der Waals surface area contributed by atoms with E-state index in [9.17, 15) is 14.0 Å². The van der Waals surface area contributed by atoms with Gasteiger partial charge in [0.2, 0.25) is 11.8 Å². The fraction of sp³-hybridized carbons (Fsp3) is 0.529. The number of likely N-dealkylation sites (tertiary alicyclic amines) is 1. The number of hydrogen-bond donors (Lipinski definition) is 2. The molecule has 6 heteroatoms. The van der Waals surface area contributed by atoms with Crippen LogP contribution in [-0.4, -0.2) is 35.3 Å². The number of halogens is 1. The number of amides is 2. The molecule has 2 atom stereocenters. The number of para-hydroxylation sites is 1. The Hall–Kier alpha value is -2.11. The van der Waals surface area contributed by atoms with E-state index in [0.29, 0.717) is 13.0 Å². The lowest BCUT2D eigenvalue weighted by Crippen LogP contribution is -2.53. The Morgan fingerprint density at radius 1 is 1.35 bits per heavy atom. The predicted molar refractivity (Wildman–Crippen MR) is 87.2 cm³/mol.